The van der Waals surface area contributed by atoms with Gasteiger partial charge in [-0.25, -0.2) is 4.79 Å². The molecule has 2 aromatic carbocycles. The number of piperidine rings is 1. The summed E-state index contributed by atoms with van der Waals surface area (Å²) in [5.41, 5.74) is 2.10. The van der Waals surface area contributed by atoms with Gasteiger partial charge < -0.3 is 19.6 Å². The fourth-order valence-electron chi connectivity index (χ4n) is 3.76. The van der Waals surface area contributed by atoms with Gasteiger partial charge >= 0.3 is 5.63 Å². The second-order valence-electron chi connectivity index (χ2n) is 7.21. The van der Waals surface area contributed by atoms with Crippen LogP contribution in [0.4, 0.5) is 5.69 Å². The quantitative estimate of drug-likeness (QED) is 0.659. The number of fused-ring (bicyclic) bond motifs is 1. The predicted molar refractivity (Wildman–Crippen MR) is 109 cm³/mol. The summed E-state index contributed by atoms with van der Waals surface area (Å²) < 4.78 is 10.6. The summed E-state index contributed by atoms with van der Waals surface area (Å²) in [6.07, 6.45) is 1.95. The first-order valence-electron chi connectivity index (χ1n) is 9.49. The molecule has 0 aliphatic carbocycles. The van der Waals surface area contributed by atoms with Crippen LogP contribution in [-0.2, 0) is 6.54 Å². The molecule has 28 heavy (non-hydrogen) atoms. The highest BCUT2D eigenvalue weighted by Gasteiger charge is 2.20. The highest BCUT2D eigenvalue weighted by Crippen LogP contribution is 2.28. The van der Waals surface area contributed by atoms with Crippen LogP contribution in [0.25, 0.3) is 11.0 Å². The third-order valence-electron chi connectivity index (χ3n) is 5.21. The molecule has 1 saturated heterocycles. The van der Waals surface area contributed by atoms with E-state index in [9.17, 15) is 9.90 Å². The summed E-state index contributed by atoms with van der Waals surface area (Å²) in [4.78, 5) is 14.3. The SMILES string of the molecule is COc1ccc2oc(=O)cc(NC3CCN(Cc4cccc(O)c4)CC3)c2c1. The molecule has 0 unspecified atom stereocenters. The number of hydrogen-bond acceptors (Lipinski definition) is 6. The van der Waals surface area contributed by atoms with Crippen molar-refractivity contribution in [3.63, 3.8) is 0 Å². The number of aromatic hydroxyl groups is 1. The second kappa shape index (κ2) is 7.94. The van der Waals surface area contributed by atoms with E-state index in [0.29, 0.717) is 11.3 Å². The van der Waals surface area contributed by atoms with Crippen LogP contribution in [0.15, 0.2) is 57.7 Å². The first-order chi connectivity index (χ1) is 13.6. The van der Waals surface area contributed by atoms with Crippen LogP contribution in [0.5, 0.6) is 11.5 Å². The summed E-state index contributed by atoms with van der Waals surface area (Å²) in [6.45, 7) is 2.74. The van der Waals surface area contributed by atoms with E-state index in [2.05, 4.69) is 10.2 Å². The summed E-state index contributed by atoms with van der Waals surface area (Å²) >= 11 is 0. The van der Waals surface area contributed by atoms with Gasteiger partial charge in [-0.05, 0) is 48.7 Å². The van der Waals surface area contributed by atoms with E-state index < -0.39 is 0 Å². The van der Waals surface area contributed by atoms with Crippen molar-refractivity contribution < 1.29 is 14.3 Å². The Balaban J connectivity index is 1.44. The van der Waals surface area contributed by atoms with Gasteiger partial charge in [0.1, 0.15) is 17.1 Å². The lowest BCUT2D eigenvalue weighted by molar-refractivity contribution is 0.211. The molecular formula is C22H24N2O4. The number of anilines is 1. The van der Waals surface area contributed by atoms with E-state index in [-0.39, 0.29) is 11.7 Å². The molecule has 1 aliphatic rings. The summed E-state index contributed by atoms with van der Waals surface area (Å²) in [7, 11) is 1.62. The fourth-order valence-corrected chi connectivity index (χ4v) is 3.76. The molecule has 6 heteroatoms. The van der Waals surface area contributed by atoms with Gasteiger partial charge in [0, 0.05) is 37.1 Å². The minimum absolute atomic E-state index is 0.289. The number of methoxy groups -OCH3 is 1. The molecule has 6 nitrogen and oxygen atoms in total. The third-order valence-corrected chi connectivity index (χ3v) is 5.21. The van der Waals surface area contributed by atoms with Crippen molar-refractivity contribution >= 4 is 16.7 Å². The molecule has 3 aromatic rings. The van der Waals surface area contributed by atoms with Gasteiger partial charge in [-0.3, -0.25) is 4.90 Å². The Hall–Kier alpha value is -2.99. The molecule has 1 fully saturated rings. The number of phenolic OH excluding ortho intramolecular Hbond substituents is 1. The molecule has 1 aliphatic heterocycles. The number of nitrogens with one attached hydrogen (secondary N) is 1. The van der Waals surface area contributed by atoms with Crippen molar-refractivity contribution in [2.45, 2.75) is 25.4 Å². The maximum atomic E-state index is 11.9. The zero-order valence-corrected chi connectivity index (χ0v) is 15.9. The van der Waals surface area contributed by atoms with Crippen molar-refractivity contribution in [3.8, 4) is 11.5 Å². The second-order valence-corrected chi connectivity index (χ2v) is 7.21. The van der Waals surface area contributed by atoms with Crippen molar-refractivity contribution in [2.24, 2.45) is 0 Å². The molecular weight excluding hydrogens is 356 g/mol. The van der Waals surface area contributed by atoms with Crippen LogP contribution in [-0.4, -0.2) is 36.2 Å². The number of benzene rings is 2. The topological polar surface area (TPSA) is 74.9 Å². The molecule has 1 aromatic heterocycles. The Morgan fingerprint density at radius 3 is 2.75 bits per heavy atom. The Morgan fingerprint density at radius 2 is 2.00 bits per heavy atom. The van der Waals surface area contributed by atoms with Crippen LogP contribution in [0.1, 0.15) is 18.4 Å². The van der Waals surface area contributed by atoms with E-state index in [4.69, 9.17) is 9.15 Å². The van der Waals surface area contributed by atoms with E-state index in [1.165, 1.54) is 6.07 Å². The Morgan fingerprint density at radius 1 is 1.18 bits per heavy atom. The van der Waals surface area contributed by atoms with Gasteiger partial charge in [-0.2, -0.15) is 0 Å². The molecule has 4 rings (SSSR count). The average Bonchev–Trinajstić information content (AvgIpc) is 2.69. The highest BCUT2D eigenvalue weighted by atomic mass is 16.5. The van der Waals surface area contributed by atoms with Crippen LogP contribution >= 0.6 is 0 Å². The largest absolute Gasteiger partial charge is 0.508 e. The van der Waals surface area contributed by atoms with E-state index in [1.807, 2.05) is 24.3 Å². The first-order valence-corrected chi connectivity index (χ1v) is 9.49. The lowest BCUT2D eigenvalue weighted by Gasteiger charge is -2.33. The minimum Gasteiger partial charge on any atom is -0.508 e. The van der Waals surface area contributed by atoms with E-state index >= 15 is 0 Å². The molecule has 0 radical (unpaired) electrons. The number of nitrogens with zero attached hydrogens (tertiary/aromatic N) is 1. The van der Waals surface area contributed by atoms with Crippen LogP contribution in [0, 0.1) is 0 Å². The maximum absolute atomic E-state index is 11.9. The molecule has 0 atom stereocenters. The summed E-state index contributed by atoms with van der Waals surface area (Å²) in [5, 5.41) is 14.0. The average molecular weight is 380 g/mol. The van der Waals surface area contributed by atoms with Crippen molar-refractivity contribution in [3.05, 3.63) is 64.5 Å². The van der Waals surface area contributed by atoms with Gasteiger partial charge in [-0.1, -0.05) is 12.1 Å². The normalized spacial score (nSPS) is 15.6. The Bertz CT molecular complexity index is 1020. The van der Waals surface area contributed by atoms with Gasteiger partial charge in [0.2, 0.25) is 0 Å². The van der Waals surface area contributed by atoms with Gasteiger partial charge in [0.05, 0.1) is 12.8 Å². The molecule has 0 saturated carbocycles. The van der Waals surface area contributed by atoms with Gasteiger partial charge in [0.15, 0.2) is 0 Å². The zero-order valence-electron chi connectivity index (χ0n) is 15.9. The van der Waals surface area contributed by atoms with Crippen LogP contribution in [0.2, 0.25) is 0 Å². The van der Waals surface area contributed by atoms with E-state index in [1.54, 1.807) is 25.3 Å². The number of phenols is 1. The standard InChI is InChI=1S/C22H24N2O4/c1-27-18-5-6-21-19(12-18)20(13-22(26)28-21)23-16-7-9-24(10-8-16)14-15-3-2-4-17(25)11-15/h2-6,11-13,16,23,25H,7-10,14H2,1H3. The number of ether oxygens (including phenoxy) is 1. The Labute approximate surface area is 163 Å². The van der Waals surface area contributed by atoms with Crippen molar-refractivity contribution in [1.29, 1.82) is 0 Å². The molecule has 146 valence electrons. The number of likely N-dealkylation sites (tertiary alicyclic amines) is 1. The third kappa shape index (κ3) is 4.12. The number of hydrogen-bond donors (Lipinski definition) is 2. The Kier molecular flexibility index (Phi) is 5.21. The first kappa shape index (κ1) is 18.4. The van der Waals surface area contributed by atoms with E-state index in [0.717, 1.165) is 54.9 Å². The monoisotopic (exact) mass is 380 g/mol. The highest BCUT2D eigenvalue weighted by molar-refractivity contribution is 5.90. The fraction of sp³-hybridized carbons (Fsp3) is 0.318. The summed E-state index contributed by atoms with van der Waals surface area (Å²) in [6, 6.07) is 14.7. The summed E-state index contributed by atoms with van der Waals surface area (Å²) in [5.74, 6) is 1.03. The van der Waals surface area contributed by atoms with Crippen LogP contribution < -0.4 is 15.7 Å². The van der Waals surface area contributed by atoms with Gasteiger partial charge in [0.25, 0.3) is 0 Å². The zero-order chi connectivity index (χ0) is 19.5. The lowest BCUT2D eigenvalue weighted by Crippen LogP contribution is -2.38. The maximum Gasteiger partial charge on any atom is 0.338 e. The smallest absolute Gasteiger partial charge is 0.338 e. The van der Waals surface area contributed by atoms with Gasteiger partial charge in [-0.15, -0.1) is 0 Å². The lowest BCUT2D eigenvalue weighted by atomic mass is 10.0. The predicted octanol–water partition coefficient (Wildman–Crippen LogP) is 3.58. The molecule has 2 N–H and O–H groups in total. The van der Waals surface area contributed by atoms with Crippen molar-refractivity contribution in [2.75, 3.05) is 25.5 Å². The van der Waals surface area contributed by atoms with Crippen molar-refractivity contribution in [1.82, 2.24) is 4.90 Å². The van der Waals surface area contributed by atoms with Crippen LogP contribution in [0.3, 0.4) is 0 Å². The molecule has 0 amide bonds. The number of rotatable bonds is 5. The minimum atomic E-state index is -0.360. The molecule has 0 bridgehead atoms. The molecule has 2 heterocycles. The molecule has 0 spiro atoms.